The molecule has 0 aliphatic heterocycles. The molecule has 1 amide bonds. The summed E-state index contributed by atoms with van der Waals surface area (Å²) in [6, 6.07) is 1.34. The van der Waals surface area contributed by atoms with E-state index < -0.39 is 18.0 Å². The highest BCUT2D eigenvalue weighted by Gasteiger charge is 2.19. The molecule has 0 bridgehead atoms. The Morgan fingerprint density at radius 3 is 2.50 bits per heavy atom. The van der Waals surface area contributed by atoms with Crippen LogP contribution < -0.4 is 5.73 Å². The maximum absolute atomic E-state index is 12.4. The fourth-order valence-corrected chi connectivity index (χ4v) is 1.09. The molecule has 14 heavy (non-hydrogen) atoms. The molecule has 0 saturated carbocycles. The molecule has 0 unspecified atom stereocenters. The second-order valence-electron chi connectivity index (χ2n) is 2.99. The first-order valence-corrected chi connectivity index (χ1v) is 3.99. The van der Waals surface area contributed by atoms with Gasteiger partial charge in [0.2, 0.25) is 0 Å². The van der Waals surface area contributed by atoms with Gasteiger partial charge in [0.1, 0.15) is 5.69 Å². The predicted octanol–water partition coefficient (Wildman–Crippen LogP) is 1.73. The molecule has 0 aromatic carbocycles. The Hall–Kier alpha value is -1.52. The molecule has 0 radical (unpaired) electrons. The number of alkyl halides is 2. The number of pyridine rings is 1. The summed E-state index contributed by atoms with van der Waals surface area (Å²) in [5.41, 5.74) is 5.36. The molecule has 0 atom stereocenters. The SMILES string of the molecule is Cc1cc(C(N)=O)c(C(F)F)nc1C. The monoisotopic (exact) mass is 200 g/mol. The number of hydrogen-bond acceptors (Lipinski definition) is 2. The van der Waals surface area contributed by atoms with Gasteiger partial charge in [-0.1, -0.05) is 0 Å². The second-order valence-corrected chi connectivity index (χ2v) is 2.99. The van der Waals surface area contributed by atoms with Gasteiger partial charge in [-0.3, -0.25) is 9.78 Å². The Kier molecular flexibility index (Phi) is 2.78. The van der Waals surface area contributed by atoms with Crippen molar-refractivity contribution in [1.29, 1.82) is 0 Å². The number of nitrogens with two attached hydrogens (primary N) is 1. The minimum Gasteiger partial charge on any atom is -0.366 e. The largest absolute Gasteiger partial charge is 0.366 e. The van der Waals surface area contributed by atoms with Gasteiger partial charge in [0.25, 0.3) is 12.3 Å². The van der Waals surface area contributed by atoms with Gasteiger partial charge < -0.3 is 5.73 Å². The summed E-state index contributed by atoms with van der Waals surface area (Å²) < 4.78 is 24.9. The standard InChI is InChI=1S/C9H10F2N2O/c1-4-3-6(9(12)14)7(8(10)11)13-5(4)2/h3,8H,1-2H3,(H2,12,14). The summed E-state index contributed by atoms with van der Waals surface area (Å²) >= 11 is 0. The number of carbonyl (C=O) groups is 1. The minimum absolute atomic E-state index is 0.205. The third kappa shape index (κ3) is 1.86. The molecule has 5 heteroatoms. The fourth-order valence-electron chi connectivity index (χ4n) is 1.09. The topological polar surface area (TPSA) is 56.0 Å². The van der Waals surface area contributed by atoms with E-state index in [1.54, 1.807) is 13.8 Å². The summed E-state index contributed by atoms with van der Waals surface area (Å²) in [6.45, 7) is 3.29. The van der Waals surface area contributed by atoms with Gasteiger partial charge in [0.05, 0.1) is 5.56 Å². The van der Waals surface area contributed by atoms with Crippen LogP contribution >= 0.6 is 0 Å². The first kappa shape index (κ1) is 10.6. The van der Waals surface area contributed by atoms with E-state index in [2.05, 4.69) is 4.98 Å². The average Bonchev–Trinajstić information content (AvgIpc) is 2.08. The van der Waals surface area contributed by atoms with Crippen LogP contribution in [0.3, 0.4) is 0 Å². The lowest BCUT2D eigenvalue weighted by Crippen LogP contribution is -2.16. The van der Waals surface area contributed by atoms with E-state index in [1.165, 1.54) is 6.07 Å². The molecular weight excluding hydrogens is 190 g/mol. The predicted molar refractivity (Wildman–Crippen MR) is 47.2 cm³/mol. The van der Waals surface area contributed by atoms with Crippen LogP contribution in [0.15, 0.2) is 6.07 Å². The van der Waals surface area contributed by atoms with Crippen molar-refractivity contribution in [2.45, 2.75) is 20.3 Å². The van der Waals surface area contributed by atoms with Crippen LogP contribution in [0.5, 0.6) is 0 Å². The highest BCUT2D eigenvalue weighted by molar-refractivity contribution is 5.94. The van der Waals surface area contributed by atoms with Gasteiger partial charge in [-0.25, -0.2) is 8.78 Å². The first-order valence-electron chi connectivity index (χ1n) is 3.99. The average molecular weight is 200 g/mol. The summed E-state index contributed by atoms with van der Waals surface area (Å²) in [5, 5.41) is 0. The summed E-state index contributed by atoms with van der Waals surface area (Å²) in [6.07, 6.45) is -2.78. The van der Waals surface area contributed by atoms with E-state index in [4.69, 9.17) is 5.73 Å². The molecule has 0 spiro atoms. The van der Waals surface area contributed by atoms with Crippen LogP contribution in [0.4, 0.5) is 8.78 Å². The molecule has 0 aliphatic carbocycles. The van der Waals surface area contributed by atoms with E-state index >= 15 is 0 Å². The van der Waals surface area contributed by atoms with Crippen molar-refractivity contribution in [3.05, 3.63) is 28.6 Å². The van der Waals surface area contributed by atoms with Crippen molar-refractivity contribution in [2.75, 3.05) is 0 Å². The molecule has 1 heterocycles. The van der Waals surface area contributed by atoms with Crippen molar-refractivity contribution in [3.8, 4) is 0 Å². The maximum Gasteiger partial charge on any atom is 0.281 e. The Morgan fingerprint density at radius 2 is 2.07 bits per heavy atom. The van der Waals surface area contributed by atoms with Crippen molar-refractivity contribution >= 4 is 5.91 Å². The van der Waals surface area contributed by atoms with Crippen molar-refractivity contribution in [3.63, 3.8) is 0 Å². The molecule has 0 aliphatic rings. The molecule has 0 saturated heterocycles. The van der Waals surface area contributed by atoms with Gasteiger partial charge in [-0.05, 0) is 25.5 Å². The number of aryl methyl sites for hydroxylation is 2. The normalized spacial score (nSPS) is 10.6. The number of rotatable bonds is 2. The van der Waals surface area contributed by atoms with Gasteiger partial charge in [-0.2, -0.15) is 0 Å². The van der Waals surface area contributed by atoms with E-state index in [0.717, 1.165) is 0 Å². The number of primary amides is 1. The zero-order chi connectivity index (χ0) is 10.9. The van der Waals surface area contributed by atoms with Crippen molar-refractivity contribution in [1.82, 2.24) is 4.98 Å². The van der Waals surface area contributed by atoms with E-state index in [0.29, 0.717) is 11.3 Å². The van der Waals surface area contributed by atoms with Crippen molar-refractivity contribution < 1.29 is 13.6 Å². The van der Waals surface area contributed by atoms with E-state index in [1.807, 2.05) is 0 Å². The zero-order valence-electron chi connectivity index (χ0n) is 7.84. The smallest absolute Gasteiger partial charge is 0.281 e. The molecule has 1 rings (SSSR count). The van der Waals surface area contributed by atoms with Crippen LogP contribution in [0.25, 0.3) is 0 Å². The number of carbonyl (C=O) groups excluding carboxylic acids is 1. The molecule has 1 aromatic heterocycles. The highest BCUT2D eigenvalue weighted by atomic mass is 19.3. The maximum atomic E-state index is 12.4. The van der Waals surface area contributed by atoms with Gasteiger partial charge in [0, 0.05) is 5.69 Å². The summed E-state index contributed by atoms with van der Waals surface area (Å²) in [4.78, 5) is 14.5. The number of hydrogen-bond donors (Lipinski definition) is 1. The van der Waals surface area contributed by atoms with Gasteiger partial charge >= 0.3 is 0 Å². The van der Waals surface area contributed by atoms with Gasteiger partial charge in [0.15, 0.2) is 0 Å². The Bertz CT molecular complexity index is 377. The number of aromatic nitrogens is 1. The van der Waals surface area contributed by atoms with Gasteiger partial charge in [-0.15, -0.1) is 0 Å². The molecule has 3 nitrogen and oxygen atoms in total. The number of halogens is 2. The molecular formula is C9H10F2N2O. The van der Waals surface area contributed by atoms with E-state index in [-0.39, 0.29) is 5.56 Å². The van der Waals surface area contributed by atoms with Crippen LogP contribution in [-0.4, -0.2) is 10.9 Å². The molecule has 2 N–H and O–H groups in total. The lowest BCUT2D eigenvalue weighted by molar-refractivity contribution is 0.0982. The molecule has 1 aromatic rings. The molecule has 0 fully saturated rings. The minimum atomic E-state index is -2.78. The lowest BCUT2D eigenvalue weighted by Gasteiger charge is -2.08. The second kappa shape index (κ2) is 3.69. The number of amides is 1. The Morgan fingerprint density at radius 1 is 1.50 bits per heavy atom. The van der Waals surface area contributed by atoms with E-state index in [9.17, 15) is 13.6 Å². The van der Waals surface area contributed by atoms with Crippen LogP contribution in [-0.2, 0) is 0 Å². The lowest BCUT2D eigenvalue weighted by atomic mass is 10.1. The first-order chi connectivity index (χ1) is 6.43. The Balaban J connectivity index is 3.39. The third-order valence-corrected chi connectivity index (χ3v) is 1.97. The zero-order valence-corrected chi connectivity index (χ0v) is 7.84. The van der Waals surface area contributed by atoms with Crippen molar-refractivity contribution in [2.24, 2.45) is 5.73 Å². The summed E-state index contributed by atoms with van der Waals surface area (Å²) in [7, 11) is 0. The van der Waals surface area contributed by atoms with Crippen LogP contribution in [0.1, 0.15) is 33.7 Å². The number of nitrogens with zero attached hydrogens (tertiary/aromatic N) is 1. The quantitative estimate of drug-likeness (QED) is 0.790. The Labute approximate surface area is 79.9 Å². The highest BCUT2D eigenvalue weighted by Crippen LogP contribution is 2.22. The van der Waals surface area contributed by atoms with Crippen LogP contribution in [0.2, 0.25) is 0 Å². The third-order valence-electron chi connectivity index (χ3n) is 1.97. The molecule has 76 valence electrons. The summed E-state index contributed by atoms with van der Waals surface area (Å²) in [5.74, 6) is -0.879. The van der Waals surface area contributed by atoms with Crippen LogP contribution in [0, 0.1) is 13.8 Å². The fraction of sp³-hybridized carbons (Fsp3) is 0.333.